The van der Waals surface area contributed by atoms with Gasteiger partial charge in [0.1, 0.15) is 17.4 Å². The van der Waals surface area contributed by atoms with Gasteiger partial charge in [0.25, 0.3) is 11.5 Å². The monoisotopic (exact) mass is 399 g/mol. The standard InChI is InChI=1S/C21H19F2N3O3/c1-14(29-18-8-6-17(23)7-9-18)21(28)24-12-13-26-20(27)11-10-19(25-26)15-2-4-16(22)5-3-15/h2-11,14H,12-13H2,1H3,(H,24,28). The first kappa shape index (κ1) is 20.2. The van der Waals surface area contributed by atoms with Crippen molar-refractivity contribution in [3.8, 4) is 17.0 Å². The third kappa shape index (κ3) is 5.47. The Bertz CT molecular complexity index is 1030. The van der Waals surface area contributed by atoms with E-state index in [4.69, 9.17) is 4.74 Å². The summed E-state index contributed by atoms with van der Waals surface area (Å²) in [5, 5.41) is 6.92. The molecule has 0 saturated carbocycles. The summed E-state index contributed by atoms with van der Waals surface area (Å²) >= 11 is 0. The van der Waals surface area contributed by atoms with Crippen molar-refractivity contribution in [1.29, 1.82) is 0 Å². The first-order valence-electron chi connectivity index (χ1n) is 8.96. The van der Waals surface area contributed by atoms with Crippen LogP contribution >= 0.6 is 0 Å². The lowest BCUT2D eigenvalue weighted by Crippen LogP contribution is -2.39. The van der Waals surface area contributed by atoms with Crippen LogP contribution in [0.2, 0.25) is 0 Å². The molecule has 0 radical (unpaired) electrons. The van der Waals surface area contributed by atoms with E-state index in [2.05, 4.69) is 10.4 Å². The van der Waals surface area contributed by atoms with Crippen molar-refractivity contribution in [3.05, 3.63) is 82.7 Å². The van der Waals surface area contributed by atoms with Crippen LogP contribution in [-0.2, 0) is 11.3 Å². The summed E-state index contributed by atoms with van der Waals surface area (Å²) in [6, 6.07) is 14.1. The Kier molecular flexibility index (Phi) is 6.33. The van der Waals surface area contributed by atoms with Crippen LogP contribution in [0.25, 0.3) is 11.3 Å². The zero-order valence-corrected chi connectivity index (χ0v) is 15.6. The first-order valence-corrected chi connectivity index (χ1v) is 8.96. The Morgan fingerprint density at radius 1 is 1.03 bits per heavy atom. The number of nitrogens with one attached hydrogen (secondary N) is 1. The lowest BCUT2D eigenvalue weighted by Gasteiger charge is -2.15. The lowest BCUT2D eigenvalue weighted by molar-refractivity contribution is -0.127. The molecule has 1 unspecified atom stereocenters. The molecule has 0 spiro atoms. The first-order chi connectivity index (χ1) is 13.9. The number of carbonyl (C=O) groups is 1. The molecule has 2 aromatic carbocycles. The molecule has 0 aliphatic rings. The Balaban J connectivity index is 1.57. The average molecular weight is 399 g/mol. The van der Waals surface area contributed by atoms with Crippen LogP contribution in [0.15, 0.2) is 65.5 Å². The van der Waals surface area contributed by atoms with Crippen molar-refractivity contribution in [3.63, 3.8) is 0 Å². The minimum Gasteiger partial charge on any atom is -0.481 e. The maximum absolute atomic E-state index is 13.1. The zero-order valence-electron chi connectivity index (χ0n) is 15.6. The van der Waals surface area contributed by atoms with Gasteiger partial charge < -0.3 is 10.1 Å². The quantitative estimate of drug-likeness (QED) is 0.663. The van der Waals surface area contributed by atoms with Crippen LogP contribution in [-0.4, -0.2) is 28.3 Å². The summed E-state index contributed by atoms with van der Waals surface area (Å²) in [7, 11) is 0. The molecule has 0 saturated heterocycles. The van der Waals surface area contributed by atoms with Gasteiger partial charge in [0.05, 0.1) is 12.2 Å². The number of halogens is 2. The van der Waals surface area contributed by atoms with E-state index in [0.29, 0.717) is 17.0 Å². The normalized spacial score (nSPS) is 11.7. The molecule has 0 aliphatic carbocycles. The highest BCUT2D eigenvalue weighted by atomic mass is 19.1. The van der Waals surface area contributed by atoms with E-state index >= 15 is 0 Å². The molecule has 1 aromatic heterocycles. The Morgan fingerprint density at radius 3 is 2.31 bits per heavy atom. The Labute approximate surface area is 165 Å². The summed E-state index contributed by atoms with van der Waals surface area (Å²) in [4.78, 5) is 24.2. The number of ether oxygens (including phenoxy) is 1. The highest BCUT2D eigenvalue weighted by molar-refractivity contribution is 5.80. The van der Waals surface area contributed by atoms with Gasteiger partial charge in [-0.05, 0) is 61.5 Å². The molecule has 0 bridgehead atoms. The second-order valence-corrected chi connectivity index (χ2v) is 6.29. The van der Waals surface area contributed by atoms with Crippen LogP contribution in [0.5, 0.6) is 5.75 Å². The molecule has 1 atom stereocenters. The van der Waals surface area contributed by atoms with E-state index < -0.39 is 11.9 Å². The predicted molar refractivity (Wildman–Crippen MR) is 103 cm³/mol. The third-order valence-electron chi connectivity index (χ3n) is 4.13. The summed E-state index contributed by atoms with van der Waals surface area (Å²) in [5.74, 6) is -0.756. The van der Waals surface area contributed by atoms with Gasteiger partial charge in [-0.25, -0.2) is 13.5 Å². The van der Waals surface area contributed by atoms with Crippen molar-refractivity contribution >= 4 is 5.91 Å². The van der Waals surface area contributed by atoms with E-state index in [0.717, 1.165) is 0 Å². The van der Waals surface area contributed by atoms with Gasteiger partial charge in [-0.2, -0.15) is 5.10 Å². The summed E-state index contributed by atoms with van der Waals surface area (Å²) in [6.45, 7) is 1.89. The SMILES string of the molecule is CC(Oc1ccc(F)cc1)C(=O)NCCn1nc(-c2ccc(F)cc2)ccc1=O. The van der Waals surface area contributed by atoms with Gasteiger partial charge in [0.15, 0.2) is 6.10 Å². The Hall–Kier alpha value is -3.55. The molecule has 0 fully saturated rings. The molecule has 1 amide bonds. The minimum absolute atomic E-state index is 0.156. The molecule has 29 heavy (non-hydrogen) atoms. The van der Waals surface area contributed by atoms with Crippen LogP contribution in [0.1, 0.15) is 6.92 Å². The van der Waals surface area contributed by atoms with Gasteiger partial charge >= 0.3 is 0 Å². The summed E-state index contributed by atoms with van der Waals surface area (Å²) < 4.78 is 32.7. The van der Waals surface area contributed by atoms with E-state index in [1.54, 1.807) is 25.1 Å². The second-order valence-electron chi connectivity index (χ2n) is 6.29. The zero-order chi connectivity index (χ0) is 20.8. The van der Waals surface area contributed by atoms with Crippen molar-refractivity contribution in [2.24, 2.45) is 0 Å². The van der Waals surface area contributed by atoms with Crippen LogP contribution in [0, 0.1) is 11.6 Å². The number of nitrogens with zero attached hydrogens (tertiary/aromatic N) is 2. The fourth-order valence-electron chi connectivity index (χ4n) is 2.58. The van der Waals surface area contributed by atoms with Gasteiger partial charge in [0, 0.05) is 18.2 Å². The van der Waals surface area contributed by atoms with E-state index in [9.17, 15) is 18.4 Å². The highest BCUT2D eigenvalue weighted by Crippen LogP contribution is 2.15. The number of hydrogen-bond acceptors (Lipinski definition) is 4. The minimum atomic E-state index is -0.796. The number of hydrogen-bond donors (Lipinski definition) is 1. The van der Waals surface area contributed by atoms with Crippen molar-refractivity contribution < 1.29 is 18.3 Å². The fourth-order valence-corrected chi connectivity index (χ4v) is 2.58. The Morgan fingerprint density at radius 2 is 1.66 bits per heavy atom. The van der Waals surface area contributed by atoms with Crippen LogP contribution in [0.4, 0.5) is 8.78 Å². The molecule has 1 N–H and O–H groups in total. The average Bonchev–Trinajstić information content (AvgIpc) is 2.71. The molecule has 3 aromatic rings. The molecule has 150 valence electrons. The third-order valence-corrected chi connectivity index (χ3v) is 4.13. The maximum Gasteiger partial charge on any atom is 0.266 e. The molecule has 3 rings (SSSR count). The van der Waals surface area contributed by atoms with E-state index in [1.165, 1.54) is 47.1 Å². The van der Waals surface area contributed by atoms with Gasteiger partial charge in [-0.3, -0.25) is 9.59 Å². The van der Waals surface area contributed by atoms with Crippen LogP contribution in [0.3, 0.4) is 0 Å². The van der Waals surface area contributed by atoms with Crippen LogP contribution < -0.4 is 15.6 Å². The van der Waals surface area contributed by atoms with Crippen molar-refractivity contribution in [2.45, 2.75) is 19.6 Å². The highest BCUT2D eigenvalue weighted by Gasteiger charge is 2.14. The number of amides is 1. The summed E-state index contributed by atoms with van der Waals surface area (Å²) in [6.07, 6.45) is -0.796. The van der Waals surface area contributed by atoms with Gasteiger partial charge in [-0.15, -0.1) is 0 Å². The maximum atomic E-state index is 13.1. The summed E-state index contributed by atoms with van der Waals surface area (Å²) in [5.41, 5.74) is 0.871. The number of benzene rings is 2. The predicted octanol–water partition coefficient (Wildman–Crippen LogP) is 2.77. The smallest absolute Gasteiger partial charge is 0.266 e. The molecule has 0 aliphatic heterocycles. The molecular formula is C21H19F2N3O3. The molecule has 6 nitrogen and oxygen atoms in total. The van der Waals surface area contributed by atoms with E-state index in [1.807, 2.05) is 0 Å². The number of rotatable bonds is 7. The largest absolute Gasteiger partial charge is 0.481 e. The fraction of sp³-hybridized carbons (Fsp3) is 0.190. The van der Waals surface area contributed by atoms with Gasteiger partial charge in [0.2, 0.25) is 0 Å². The number of aromatic nitrogens is 2. The van der Waals surface area contributed by atoms with E-state index in [-0.39, 0.29) is 30.4 Å². The van der Waals surface area contributed by atoms with Crippen molar-refractivity contribution in [1.82, 2.24) is 15.1 Å². The molecule has 1 heterocycles. The second kappa shape index (κ2) is 9.09. The molecule has 8 heteroatoms. The number of carbonyl (C=O) groups excluding carboxylic acids is 1. The molecular weight excluding hydrogens is 380 g/mol. The lowest BCUT2D eigenvalue weighted by atomic mass is 10.1. The van der Waals surface area contributed by atoms with Gasteiger partial charge in [-0.1, -0.05) is 0 Å². The topological polar surface area (TPSA) is 73.2 Å². The van der Waals surface area contributed by atoms with Crippen molar-refractivity contribution in [2.75, 3.05) is 6.54 Å².